The Hall–Kier alpha value is 0.330. The third-order valence-corrected chi connectivity index (χ3v) is 1.59. The maximum Gasteiger partial charge on any atom is 0.130 e. The van der Waals surface area contributed by atoms with Crippen LogP contribution in [0.3, 0.4) is 0 Å². The van der Waals surface area contributed by atoms with E-state index in [1.54, 1.807) is 11.8 Å². The summed E-state index contributed by atoms with van der Waals surface area (Å²) < 4.78 is 0.567. The van der Waals surface area contributed by atoms with Crippen LogP contribution in [0, 0.1) is 0 Å². The van der Waals surface area contributed by atoms with E-state index in [1.165, 1.54) is 0 Å². The molecule has 0 spiro atoms. The molecule has 0 atom stereocenters. The van der Waals surface area contributed by atoms with Crippen molar-refractivity contribution in [3.63, 3.8) is 0 Å². The molecule has 0 aliphatic heterocycles. The molecule has 0 bridgehead atoms. The fraction of sp³-hybridized carbons (Fsp3) is 0.500. The fourth-order valence-electron chi connectivity index (χ4n) is 0.427. The van der Waals surface area contributed by atoms with Crippen molar-refractivity contribution in [3.05, 3.63) is 11.5 Å². The largest absolute Gasteiger partial charge is 0.371 e. The summed E-state index contributed by atoms with van der Waals surface area (Å²) in [5.74, 6) is 0. The first-order valence-electron chi connectivity index (χ1n) is 2.92. The average molecular weight is 193 g/mol. The van der Waals surface area contributed by atoms with Crippen molar-refractivity contribution in [2.24, 2.45) is 0 Å². The highest BCUT2D eigenvalue weighted by Gasteiger charge is 1.82. The number of rotatable bonds is 4. The van der Waals surface area contributed by atoms with Crippen molar-refractivity contribution in [2.75, 3.05) is 12.8 Å². The highest BCUT2D eigenvalue weighted by atomic mass is 32.2. The summed E-state index contributed by atoms with van der Waals surface area (Å²) in [7, 11) is 0. The molecule has 0 unspecified atom stereocenters. The molecule has 0 radical (unpaired) electrons. The van der Waals surface area contributed by atoms with Gasteiger partial charge in [-0.3, -0.25) is 0 Å². The van der Waals surface area contributed by atoms with E-state index < -0.39 is 0 Å². The van der Waals surface area contributed by atoms with Gasteiger partial charge in [0, 0.05) is 6.54 Å². The van der Waals surface area contributed by atoms with Gasteiger partial charge in [0.15, 0.2) is 0 Å². The molecule has 0 amide bonds. The van der Waals surface area contributed by atoms with Gasteiger partial charge >= 0.3 is 0 Å². The molecule has 0 fully saturated rings. The van der Waals surface area contributed by atoms with Crippen molar-refractivity contribution in [1.82, 2.24) is 5.32 Å². The molecule has 0 saturated carbocycles. The standard InChI is InChI=1S/C6H11NS3/c1-10-5-3-2-4-7-6(8)9/h3,5H,2,4H2,1H3,(H2,7,8,9)/b5-3+. The van der Waals surface area contributed by atoms with Crippen LogP contribution in [-0.4, -0.2) is 17.1 Å². The van der Waals surface area contributed by atoms with E-state index in [9.17, 15) is 0 Å². The second-order valence-electron chi connectivity index (χ2n) is 1.63. The molecule has 0 aromatic heterocycles. The minimum atomic E-state index is 0.567. The molecular weight excluding hydrogens is 182 g/mol. The molecule has 10 heavy (non-hydrogen) atoms. The molecule has 1 nitrogen and oxygen atoms in total. The second kappa shape index (κ2) is 7.44. The lowest BCUT2D eigenvalue weighted by Gasteiger charge is -1.97. The Morgan fingerprint density at radius 2 is 2.50 bits per heavy atom. The van der Waals surface area contributed by atoms with Crippen LogP contribution < -0.4 is 5.32 Å². The molecule has 0 aliphatic rings. The summed E-state index contributed by atoms with van der Waals surface area (Å²) in [6.07, 6.45) is 5.14. The molecule has 0 aliphatic carbocycles. The summed E-state index contributed by atoms with van der Waals surface area (Å²) in [5, 5.41) is 5.00. The quantitative estimate of drug-likeness (QED) is 0.403. The molecule has 58 valence electrons. The Balaban J connectivity index is 3.05. The molecule has 4 heteroatoms. The molecule has 0 aromatic carbocycles. The summed E-state index contributed by atoms with van der Waals surface area (Å²) in [6.45, 7) is 0.874. The van der Waals surface area contributed by atoms with Crippen molar-refractivity contribution in [3.8, 4) is 0 Å². The molecule has 1 N–H and O–H groups in total. The number of thioether (sulfide) groups is 1. The molecular formula is C6H11NS3. The first-order valence-corrected chi connectivity index (χ1v) is 5.06. The van der Waals surface area contributed by atoms with E-state index in [-0.39, 0.29) is 0 Å². The first kappa shape index (κ1) is 10.3. The van der Waals surface area contributed by atoms with E-state index in [0.29, 0.717) is 4.32 Å². The predicted octanol–water partition coefficient (Wildman–Crippen LogP) is 2.06. The van der Waals surface area contributed by atoms with E-state index in [4.69, 9.17) is 12.2 Å². The van der Waals surface area contributed by atoms with Crippen LogP contribution in [0.25, 0.3) is 0 Å². The third-order valence-electron chi connectivity index (χ3n) is 0.820. The minimum absolute atomic E-state index is 0.567. The maximum absolute atomic E-state index is 4.70. The number of hydrogen-bond donors (Lipinski definition) is 2. The van der Waals surface area contributed by atoms with Gasteiger partial charge in [-0.2, -0.15) is 0 Å². The van der Waals surface area contributed by atoms with E-state index in [1.807, 2.05) is 6.26 Å². The summed E-state index contributed by atoms with van der Waals surface area (Å²) in [6, 6.07) is 0. The van der Waals surface area contributed by atoms with Gasteiger partial charge in [0.05, 0.1) is 0 Å². The van der Waals surface area contributed by atoms with Gasteiger partial charge in [0.1, 0.15) is 4.32 Å². The molecule has 0 saturated heterocycles. The summed E-state index contributed by atoms with van der Waals surface area (Å²) in [4.78, 5) is 0. The van der Waals surface area contributed by atoms with Gasteiger partial charge in [-0.15, -0.1) is 24.4 Å². The van der Waals surface area contributed by atoms with Crippen LogP contribution in [0.2, 0.25) is 0 Å². The zero-order chi connectivity index (χ0) is 7.82. The highest BCUT2D eigenvalue weighted by Crippen LogP contribution is 1.94. The van der Waals surface area contributed by atoms with Crippen LogP contribution >= 0.6 is 36.6 Å². The Morgan fingerprint density at radius 1 is 1.80 bits per heavy atom. The van der Waals surface area contributed by atoms with Gasteiger partial charge in [-0.25, -0.2) is 0 Å². The number of thiol groups is 1. The zero-order valence-corrected chi connectivity index (χ0v) is 8.36. The van der Waals surface area contributed by atoms with Crippen molar-refractivity contribution >= 4 is 40.9 Å². The van der Waals surface area contributed by atoms with Crippen LogP contribution in [0.1, 0.15) is 6.42 Å². The Bertz CT molecular complexity index is 122. The fourth-order valence-corrected chi connectivity index (χ4v) is 0.969. The Labute approximate surface area is 77.1 Å². The van der Waals surface area contributed by atoms with Gasteiger partial charge in [0.25, 0.3) is 0 Å². The Morgan fingerprint density at radius 3 is 3.00 bits per heavy atom. The maximum atomic E-state index is 4.70. The van der Waals surface area contributed by atoms with Gasteiger partial charge in [0.2, 0.25) is 0 Å². The Kier molecular flexibility index (Phi) is 7.68. The summed E-state index contributed by atoms with van der Waals surface area (Å²) in [5.41, 5.74) is 0. The SMILES string of the molecule is CS/C=C/CCNC(=S)S. The smallest absolute Gasteiger partial charge is 0.130 e. The third kappa shape index (κ3) is 8.33. The topological polar surface area (TPSA) is 12.0 Å². The van der Waals surface area contributed by atoms with Crippen molar-refractivity contribution in [2.45, 2.75) is 6.42 Å². The van der Waals surface area contributed by atoms with Crippen molar-refractivity contribution in [1.29, 1.82) is 0 Å². The normalized spacial score (nSPS) is 10.2. The van der Waals surface area contributed by atoms with Crippen LogP contribution in [0.4, 0.5) is 0 Å². The lowest BCUT2D eigenvalue weighted by Crippen LogP contribution is -2.16. The number of thiocarbonyl (C=S) groups is 1. The lowest BCUT2D eigenvalue weighted by molar-refractivity contribution is 0.910. The molecule has 0 aromatic rings. The van der Waals surface area contributed by atoms with E-state index in [2.05, 4.69) is 29.4 Å². The van der Waals surface area contributed by atoms with Gasteiger partial charge in [-0.1, -0.05) is 18.3 Å². The number of nitrogens with one attached hydrogen (secondary N) is 1. The average Bonchev–Trinajstić information content (AvgIpc) is 1.87. The summed E-state index contributed by atoms with van der Waals surface area (Å²) >= 11 is 10.3. The monoisotopic (exact) mass is 193 g/mol. The highest BCUT2D eigenvalue weighted by molar-refractivity contribution is 8.11. The van der Waals surface area contributed by atoms with Crippen LogP contribution in [0.5, 0.6) is 0 Å². The number of hydrogen-bond acceptors (Lipinski definition) is 2. The molecule has 0 rings (SSSR count). The predicted molar refractivity (Wildman–Crippen MR) is 56.9 cm³/mol. The van der Waals surface area contributed by atoms with E-state index in [0.717, 1.165) is 13.0 Å². The van der Waals surface area contributed by atoms with Gasteiger partial charge in [-0.05, 0) is 18.1 Å². The van der Waals surface area contributed by atoms with Crippen LogP contribution in [0.15, 0.2) is 11.5 Å². The van der Waals surface area contributed by atoms with Crippen LogP contribution in [-0.2, 0) is 0 Å². The minimum Gasteiger partial charge on any atom is -0.371 e. The zero-order valence-electron chi connectivity index (χ0n) is 5.83. The van der Waals surface area contributed by atoms with Crippen molar-refractivity contribution < 1.29 is 0 Å². The molecule has 0 heterocycles. The lowest BCUT2D eigenvalue weighted by atomic mass is 10.4. The second-order valence-corrected chi connectivity index (χ2v) is 3.53. The first-order chi connectivity index (χ1) is 4.77. The van der Waals surface area contributed by atoms with Gasteiger partial charge < -0.3 is 5.32 Å². The van der Waals surface area contributed by atoms with E-state index >= 15 is 0 Å².